The molecule has 1 aromatic heterocycles. The fraction of sp³-hybridized carbons (Fsp3) is 0.0870. The van der Waals surface area contributed by atoms with Gasteiger partial charge in [-0.15, -0.1) is 0 Å². The van der Waals surface area contributed by atoms with Gasteiger partial charge in [0.2, 0.25) is 0 Å². The highest BCUT2D eigenvalue weighted by Crippen LogP contribution is 2.24. The minimum atomic E-state index is -0.239. The summed E-state index contributed by atoms with van der Waals surface area (Å²) in [7, 11) is 0. The number of benzene rings is 2. The number of rotatable bonds is 5. The van der Waals surface area contributed by atoms with E-state index < -0.39 is 0 Å². The average molecular weight is 415 g/mol. The van der Waals surface area contributed by atoms with Gasteiger partial charge in [0.15, 0.2) is 5.11 Å². The number of aryl methyl sites for hydroxylation is 1. The van der Waals surface area contributed by atoms with Crippen molar-refractivity contribution in [2.45, 2.75) is 13.5 Å². The molecule has 0 bridgehead atoms. The van der Waals surface area contributed by atoms with Crippen molar-refractivity contribution in [3.05, 3.63) is 89.0 Å². The molecule has 1 aliphatic heterocycles. The molecule has 0 aliphatic carbocycles. The van der Waals surface area contributed by atoms with Gasteiger partial charge in [-0.3, -0.25) is 9.69 Å². The van der Waals surface area contributed by atoms with Gasteiger partial charge in [-0.05, 0) is 73.2 Å². The van der Waals surface area contributed by atoms with Gasteiger partial charge in [0.25, 0.3) is 5.91 Å². The Bertz CT molecular complexity index is 1190. The summed E-state index contributed by atoms with van der Waals surface area (Å²) in [6, 6.07) is 20.0. The largest absolute Gasteiger partial charge is 0.486 e. The molecule has 1 aliphatic rings. The van der Waals surface area contributed by atoms with Gasteiger partial charge >= 0.3 is 0 Å². The smallest absolute Gasteiger partial charge is 0.281 e. The normalized spacial score (nSPS) is 14.7. The lowest BCUT2D eigenvalue weighted by molar-refractivity contribution is -0.113. The van der Waals surface area contributed by atoms with E-state index in [0.29, 0.717) is 33.6 Å². The van der Waals surface area contributed by atoms with Crippen LogP contribution in [-0.2, 0) is 11.4 Å². The Morgan fingerprint density at radius 1 is 1.20 bits per heavy atom. The van der Waals surface area contributed by atoms with Crippen LogP contribution in [0.1, 0.15) is 22.6 Å². The molecule has 3 aromatic rings. The zero-order valence-corrected chi connectivity index (χ0v) is 16.9. The Morgan fingerprint density at radius 3 is 2.73 bits per heavy atom. The second-order valence-electron chi connectivity index (χ2n) is 6.70. The predicted octanol–water partition coefficient (Wildman–Crippen LogP) is 4.30. The molecule has 2 heterocycles. The van der Waals surface area contributed by atoms with Crippen molar-refractivity contribution in [2.75, 3.05) is 4.90 Å². The monoisotopic (exact) mass is 415 g/mol. The third kappa shape index (κ3) is 4.09. The van der Waals surface area contributed by atoms with Crippen molar-refractivity contribution in [3.63, 3.8) is 0 Å². The van der Waals surface area contributed by atoms with E-state index in [0.717, 1.165) is 11.3 Å². The highest BCUT2D eigenvalue weighted by atomic mass is 32.1. The molecule has 0 spiro atoms. The van der Waals surface area contributed by atoms with Gasteiger partial charge in [0.05, 0.1) is 17.3 Å². The fourth-order valence-electron chi connectivity index (χ4n) is 3.01. The summed E-state index contributed by atoms with van der Waals surface area (Å²) < 4.78 is 11.4. The summed E-state index contributed by atoms with van der Waals surface area (Å²) in [5.74, 6) is 1.52. The van der Waals surface area contributed by atoms with Crippen LogP contribution in [-0.4, -0.2) is 11.0 Å². The molecule has 1 N–H and O–H groups in total. The summed E-state index contributed by atoms with van der Waals surface area (Å²) >= 11 is 5.34. The van der Waals surface area contributed by atoms with Crippen LogP contribution >= 0.6 is 12.2 Å². The molecule has 0 unspecified atom stereocenters. The number of carbonyl (C=O) groups is 1. The summed E-state index contributed by atoms with van der Waals surface area (Å²) in [4.78, 5) is 14.3. The summed E-state index contributed by atoms with van der Waals surface area (Å²) in [5.41, 5.74) is 2.67. The van der Waals surface area contributed by atoms with E-state index in [1.165, 1.54) is 4.90 Å². The molecule has 30 heavy (non-hydrogen) atoms. The van der Waals surface area contributed by atoms with Crippen LogP contribution in [0.15, 0.2) is 70.8 Å². The summed E-state index contributed by atoms with van der Waals surface area (Å²) in [6.45, 7) is 2.19. The SMILES string of the molecule is Cc1cccc(N2C(=O)/C(=C\c3ccc(COc4ccc(C#N)cc4)o3)NC2=S)c1. The number of carbonyl (C=O) groups excluding carboxylic acids is 1. The minimum Gasteiger partial charge on any atom is -0.486 e. The van der Waals surface area contributed by atoms with Gasteiger partial charge in [0.1, 0.15) is 29.6 Å². The molecule has 6 nitrogen and oxygen atoms in total. The Hall–Kier alpha value is -3.89. The van der Waals surface area contributed by atoms with E-state index in [4.69, 9.17) is 26.6 Å². The highest BCUT2D eigenvalue weighted by Gasteiger charge is 2.32. The van der Waals surface area contributed by atoms with Crippen LogP contribution in [0.3, 0.4) is 0 Å². The first-order valence-corrected chi connectivity index (χ1v) is 9.60. The molecule has 148 valence electrons. The first kappa shape index (κ1) is 19.4. The number of hydrogen-bond donors (Lipinski definition) is 1. The summed E-state index contributed by atoms with van der Waals surface area (Å²) in [6.07, 6.45) is 1.62. The van der Waals surface area contributed by atoms with Crippen LogP contribution in [0.25, 0.3) is 6.08 Å². The Labute approximate surface area is 179 Å². The zero-order valence-electron chi connectivity index (χ0n) is 16.1. The maximum absolute atomic E-state index is 12.8. The molecule has 0 radical (unpaired) electrons. The molecular formula is C23H17N3O3S. The highest BCUT2D eigenvalue weighted by molar-refractivity contribution is 7.80. The van der Waals surface area contributed by atoms with Crippen molar-refractivity contribution in [2.24, 2.45) is 0 Å². The fourth-order valence-corrected chi connectivity index (χ4v) is 3.31. The first-order chi connectivity index (χ1) is 14.5. The quantitative estimate of drug-likeness (QED) is 0.494. The number of furan rings is 1. The van der Waals surface area contributed by atoms with Crippen molar-refractivity contribution >= 4 is 35.0 Å². The Kier molecular flexibility index (Phi) is 5.33. The third-order valence-corrected chi connectivity index (χ3v) is 4.76. The lowest BCUT2D eigenvalue weighted by atomic mass is 10.2. The molecular weight excluding hydrogens is 398 g/mol. The summed E-state index contributed by atoms with van der Waals surface area (Å²) in [5, 5.41) is 12.1. The van der Waals surface area contributed by atoms with Crippen molar-refractivity contribution in [3.8, 4) is 11.8 Å². The number of anilines is 1. The maximum Gasteiger partial charge on any atom is 0.281 e. The average Bonchev–Trinajstić information content (AvgIpc) is 3.30. The first-order valence-electron chi connectivity index (χ1n) is 9.19. The van der Waals surface area contributed by atoms with Crippen molar-refractivity contribution in [1.29, 1.82) is 5.26 Å². The molecule has 2 aromatic carbocycles. The third-order valence-electron chi connectivity index (χ3n) is 4.47. The van der Waals surface area contributed by atoms with Gasteiger partial charge in [0, 0.05) is 6.08 Å². The van der Waals surface area contributed by atoms with Crippen LogP contribution in [0.4, 0.5) is 5.69 Å². The number of hydrogen-bond acceptors (Lipinski definition) is 5. The van der Waals surface area contributed by atoms with E-state index in [9.17, 15) is 4.79 Å². The number of nitrogens with zero attached hydrogens (tertiary/aromatic N) is 2. The molecule has 0 atom stereocenters. The molecule has 7 heteroatoms. The van der Waals surface area contributed by atoms with Crippen LogP contribution in [0.2, 0.25) is 0 Å². The lowest BCUT2D eigenvalue weighted by Gasteiger charge is -2.14. The second-order valence-corrected chi connectivity index (χ2v) is 7.08. The van der Waals surface area contributed by atoms with E-state index in [2.05, 4.69) is 11.4 Å². The van der Waals surface area contributed by atoms with Crippen LogP contribution in [0, 0.1) is 18.3 Å². The zero-order chi connectivity index (χ0) is 21.1. The number of nitrogens with one attached hydrogen (secondary N) is 1. The van der Waals surface area contributed by atoms with Crippen LogP contribution in [0.5, 0.6) is 5.75 Å². The topological polar surface area (TPSA) is 78.5 Å². The van der Waals surface area contributed by atoms with Gasteiger partial charge in [-0.2, -0.15) is 5.26 Å². The molecule has 0 saturated carbocycles. The number of amides is 1. The number of ether oxygens (including phenoxy) is 1. The lowest BCUT2D eigenvalue weighted by Crippen LogP contribution is -2.30. The Balaban J connectivity index is 1.45. The van der Waals surface area contributed by atoms with Gasteiger partial charge in [-0.25, -0.2) is 0 Å². The maximum atomic E-state index is 12.8. The van der Waals surface area contributed by atoms with E-state index in [1.807, 2.05) is 31.2 Å². The van der Waals surface area contributed by atoms with E-state index in [-0.39, 0.29) is 12.5 Å². The molecule has 1 fully saturated rings. The van der Waals surface area contributed by atoms with Gasteiger partial charge in [-0.1, -0.05) is 12.1 Å². The number of thiocarbonyl (C=S) groups is 1. The van der Waals surface area contributed by atoms with E-state index >= 15 is 0 Å². The van der Waals surface area contributed by atoms with Crippen molar-refractivity contribution in [1.82, 2.24) is 5.32 Å². The van der Waals surface area contributed by atoms with E-state index in [1.54, 1.807) is 42.5 Å². The van der Waals surface area contributed by atoms with Crippen LogP contribution < -0.4 is 15.0 Å². The standard InChI is InChI=1S/C23H17N3O3S/c1-15-3-2-4-17(11-15)26-22(27)21(25-23(26)30)12-19-9-10-20(29-19)14-28-18-7-5-16(13-24)6-8-18/h2-12H,14H2,1H3,(H,25,30)/b21-12+. The van der Waals surface area contributed by atoms with Gasteiger partial charge < -0.3 is 14.5 Å². The molecule has 1 amide bonds. The Morgan fingerprint density at radius 2 is 2.00 bits per heavy atom. The molecule has 4 rings (SSSR count). The minimum absolute atomic E-state index is 0.226. The second kappa shape index (κ2) is 8.23. The predicted molar refractivity (Wildman–Crippen MR) is 117 cm³/mol. The number of nitriles is 1. The van der Waals surface area contributed by atoms with Crippen molar-refractivity contribution < 1.29 is 13.9 Å². The molecule has 1 saturated heterocycles.